The zero-order valence-electron chi connectivity index (χ0n) is 11.2. The molecule has 0 saturated carbocycles. The summed E-state index contributed by atoms with van der Waals surface area (Å²) >= 11 is 1.39. The highest BCUT2D eigenvalue weighted by Crippen LogP contribution is 2.29. The number of thiazole rings is 1. The molecule has 0 spiro atoms. The maximum Gasteiger partial charge on any atom is 0.221 e. The van der Waals surface area contributed by atoms with Crippen LogP contribution in [-0.2, 0) is 4.79 Å². The van der Waals surface area contributed by atoms with E-state index in [9.17, 15) is 9.18 Å². The number of carbonyl (C=O) groups excluding carboxylic acids is 1. The van der Waals surface area contributed by atoms with Gasteiger partial charge in [-0.1, -0.05) is 11.3 Å². The molecule has 1 heterocycles. The molecule has 0 unspecified atom stereocenters. The van der Waals surface area contributed by atoms with Crippen molar-refractivity contribution >= 4 is 44.0 Å². The number of carbonyl (C=O) groups is 1. The Kier molecular flexibility index (Phi) is 3.53. The number of nitrogens with zero attached hydrogens (tertiary/aromatic N) is 1. The maximum absolute atomic E-state index is 13.1. The van der Waals surface area contributed by atoms with E-state index >= 15 is 0 Å². The van der Waals surface area contributed by atoms with Crippen molar-refractivity contribution in [1.29, 1.82) is 0 Å². The molecular weight excluding hydrogens is 289 g/mol. The van der Waals surface area contributed by atoms with E-state index in [-0.39, 0.29) is 11.7 Å². The first-order chi connectivity index (χ1) is 10.1. The van der Waals surface area contributed by atoms with Gasteiger partial charge in [-0.3, -0.25) is 4.79 Å². The Morgan fingerprint density at radius 1 is 1.14 bits per heavy atom. The highest BCUT2D eigenvalue weighted by molar-refractivity contribution is 7.22. The van der Waals surface area contributed by atoms with Crippen LogP contribution in [-0.4, -0.2) is 10.9 Å². The highest BCUT2D eigenvalue weighted by Gasteiger charge is 2.05. The average molecular weight is 301 g/mol. The quantitative estimate of drug-likeness (QED) is 0.764. The van der Waals surface area contributed by atoms with Gasteiger partial charge in [0.2, 0.25) is 5.91 Å². The Hall–Kier alpha value is -2.47. The molecular formula is C15H12FN3OS. The largest absolute Gasteiger partial charge is 0.332 e. The average Bonchev–Trinajstić information content (AvgIpc) is 2.82. The van der Waals surface area contributed by atoms with Crippen molar-refractivity contribution in [2.45, 2.75) is 6.92 Å². The van der Waals surface area contributed by atoms with Gasteiger partial charge in [-0.05, 0) is 42.5 Å². The molecule has 3 aromatic rings. The van der Waals surface area contributed by atoms with E-state index in [2.05, 4.69) is 15.6 Å². The van der Waals surface area contributed by atoms with E-state index in [1.807, 2.05) is 12.1 Å². The third-order valence-corrected chi connectivity index (χ3v) is 3.74. The van der Waals surface area contributed by atoms with Gasteiger partial charge in [0.25, 0.3) is 0 Å². The van der Waals surface area contributed by atoms with E-state index in [1.54, 1.807) is 18.2 Å². The van der Waals surface area contributed by atoms with Crippen LogP contribution < -0.4 is 10.6 Å². The second-order valence-electron chi connectivity index (χ2n) is 4.51. The lowest BCUT2D eigenvalue weighted by atomic mass is 10.3. The van der Waals surface area contributed by atoms with E-state index in [4.69, 9.17) is 0 Å². The molecule has 1 aromatic heterocycles. The number of anilines is 3. The third-order valence-electron chi connectivity index (χ3n) is 2.81. The van der Waals surface area contributed by atoms with Crippen molar-refractivity contribution in [3.63, 3.8) is 0 Å². The van der Waals surface area contributed by atoms with Crippen molar-refractivity contribution in [2.75, 3.05) is 10.6 Å². The smallest absolute Gasteiger partial charge is 0.221 e. The molecule has 2 aromatic carbocycles. The molecule has 106 valence electrons. The zero-order valence-corrected chi connectivity index (χ0v) is 12.0. The third kappa shape index (κ3) is 3.17. The molecule has 0 atom stereocenters. The summed E-state index contributed by atoms with van der Waals surface area (Å²) in [6.07, 6.45) is 0. The summed E-state index contributed by atoms with van der Waals surface area (Å²) in [4.78, 5) is 15.3. The molecule has 1 amide bonds. The van der Waals surface area contributed by atoms with Crippen LogP contribution in [0.1, 0.15) is 6.92 Å². The number of hydrogen-bond donors (Lipinski definition) is 2. The van der Waals surface area contributed by atoms with Crippen molar-refractivity contribution < 1.29 is 9.18 Å². The van der Waals surface area contributed by atoms with Gasteiger partial charge in [0.05, 0.1) is 10.2 Å². The fraction of sp³-hybridized carbons (Fsp3) is 0.0667. The summed E-state index contributed by atoms with van der Waals surface area (Å²) < 4.78 is 13.9. The molecule has 21 heavy (non-hydrogen) atoms. The first-order valence-electron chi connectivity index (χ1n) is 6.31. The minimum absolute atomic E-state index is 0.107. The van der Waals surface area contributed by atoms with Crippen molar-refractivity contribution in [3.8, 4) is 0 Å². The first-order valence-corrected chi connectivity index (χ1v) is 7.12. The maximum atomic E-state index is 13.1. The van der Waals surface area contributed by atoms with Crippen molar-refractivity contribution in [2.24, 2.45) is 0 Å². The minimum atomic E-state index is -0.266. The van der Waals surface area contributed by atoms with Crippen molar-refractivity contribution in [1.82, 2.24) is 4.98 Å². The second kappa shape index (κ2) is 5.49. The van der Waals surface area contributed by atoms with Gasteiger partial charge in [0, 0.05) is 18.3 Å². The summed E-state index contributed by atoms with van der Waals surface area (Å²) in [6.45, 7) is 1.46. The lowest BCUT2D eigenvalue weighted by molar-refractivity contribution is -0.114. The summed E-state index contributed by atoms with van der Waals surface area (Å²) in [5.74, 6) is -0.374. The van der Waals surface area contributed by atoms with Crippen LogP contribution in [0.25, 0.3) is 10.2 Å². The number of benzene rings is 2. The molecule has 6 heteroatoms. The molecule has 4 nitrogen and oxygen atoms in total. The summed E-state index contributed by atoms with van der Waals surface area (Å²) in [7, 11) is 0. The predicted molar refractivity (Wildman–Crippen MR) is 83.6 cm³/mol. The lowest BCUT2D eigenvalue weighted by Gasteiger charge is -2.05. The number of aromatic nitrogens is 1. The fourth-order valence-corrected chi connectivity index (χ4v) is 2.83. The Morgan fingerprint density at radius 3 is 2.57 bits per heavy atom. The predicted octanol–water partition coefficient (Wildman–Crippen LogP) is 4.14. The van der Waals surface area contributed by atoms with Gasteiger partial charge in [-0.15, -0.1) is 0 Å². The van der Waals surface area contributed by atoms with Gasteiger partial charge in [-0.2, -0.15) is 0 Å². The van der Waals surface area contributed by atoms with Crippen LogP contribution in [0, 0.1) is 5.82 Å². The Bertz CT molecular complexity index is 798. The van der Waals surface area contributed by atoms with Crippen LogP contribution in [0.2, 0.25) is 0 Å². The monoisotopic (exact) mass is 301 g/mol. The fourth-order valence-electron chi connectivity index (χ4n) is 1.92. The van der Waals surface area contributed by atoms with Crippen LogP contribution in [0.4, 0.5) is 20.9 Å². The Labute approximate surface area is 124 Å². The van der Waals surface area contributed by atoms with Gasteiger partial charge in [-0.25, -0.2) is 9.37 Å². The van der Waals surface area contributed by atoms with E-state index in [0.717, 1.165) is 21.6 Å². The molecule has 0 radical (unpaired) electrons. The van der Waals surface area contributed by atoms with E-state index in [1.165, 1.54) is 30.4 Å². The molecule has 2 N–H and O–H groups in total. The number of nitrogens with one attached hydrogen (secondary N) is 2. The number of amides is 1. The van der Waals surface area contributed by atoms with Gasteiger partial charge in [0.1, 0.15) is 5.82 Å². The summed E-state index contributed by atoms with van der Waals surface area (Å²) in [5, 5.41) is 6.56. The lowest BCUT2D eigenvalue weighted by Crippen LogP contribution is -2.05. The molecule has 0 aliphatic heterocycles. The molecule has 0 bridgehead atoms. The van der Waals surface area contributed by atoms with E-state index in [0.29, 0.717) is 5.13 Å². The van der Waals surface area contributed by atoms with Crippen LogP contribution in [0.3, 0.4) is 0 Å². The van der Waals surface area contributed by atoms with Gasteiger partial charge >= 0.3 is 0 Å². The SMILES string of the molecule is CC(=O)Nc1ccc(Nc2nc3ccc(F)cc3s2)cc1. The zero-order chi connectivity index (χ0) is 14.8. The number of fused-ring (bicyclic) bond motifs is 1. The van der Waals surface area contributed by atoms with Crippen LogP contribution in [0.5, 0.6) is 0 Å². The first kappa shape index (κ1) is 13.5. The number of halogens is 1. The molecule has 3 rings (SSSR count). The molecule has 0 saturated heterocycles. The number of rotatable bonds is 3. The minimum Gasteiger partial charge on any atom is -0.332 e. The van der Waals surface area contributed by atoms with Gasteiger partial charge in [0.15, 0.2) is 5.13 Å². The van der Waals surface area contributed by atoms with Crippen LogP contribution >= 0.6 is 11.3 Å². The van der Waals surface area contributed by atoms with Gasteiger partial charge < -0.3 is 10.6 Å². The molecule has 0 aliphatic rings. The normalized spacial score (nSPS) is 10.6. The summed E-state index contributed by atoms with van der Waals surface area (Å²) in [5.41, 5.74) is 2.35. The summed E-state index contributed by atoms with van der Waals surface area (Å²) in [6, 6.07) is 11.8. The Morgan fingerprint density at radius 2 is 1.86 bits per heavy atom. The van der Waals surface area contributed by atoms with Crippen LogP contribution in [0.15, 0.2) is 42.5 Å². The second-order valence-corrected chi connectivity index (χ2v) is 5.55. The highest BCUT2D eigenvalue weighted by atomic mass is 32.1. The molecule has 0 aliphatic carbocycles. The Balaban J connectivity index is 1.79. The van der Waals surface area contributed by atoms with Crippen molar-refractivity contribution in [3.05, 3.63) is 48.3 Å². The topological polar surface area (TPSA) is 54.0 Å². The standard InChI is InChI=1S/C15H12FN3OS/c1-9(20)17-11-3-5-12(6-4-11)18-15-19-13-7-2-10(16)8-14(13)21-15/h2-8H,1H3,(H,17,20)(H,18,19). The molecule has 0 fully saturated rings. The van der Waals surface area contributed by atoms with E-state index < -0.39 is 0 Å². The number of hydrogen-bond acceptors (Lipinski definition) is 4.